The highest BCUT2D eigenvalue weighted by atomic mass is 32.2. The first-order chi connectivity index (χ1) is 14.9. The molecule has 0 unspecified atom stereocenters. The van der Waals surface area contributed by atoms with Crippen LogP contribution in [0.4, 0.5) is 0 Å². The van der Waals surface area contributed by atoms with E-state index in [1.54, 1.807) is 0 Å². The summed E-state index contributed by atoms with van der Waals surface area (Å²) in [4.78, 5) is 0. The molecule has 0 amide bonds. The van der Waals surface area contributed by atoms with Gasteiger partial charge in [-0.15, -0.1) is 0 Å². The van der Waals surface area contributed by atoms with Crippen LogP contribution >= 0.6 is 23.5 Å². The van der Waals surface area contributed by atoms with E-state index in [-0.39, 0.29) is 0 Å². The lowest BCUT2D eigenvalue weighted by molar-refractivity contribution is 0.282. The molecule has 30 heavy (non-hydrogen) atoms. The molecule has 0 atom stereocenters. The van der Waals surface area contributed by atoms with Crippen molar-refractivity contribution in [2.24, 2.45) is 0 Å². The Morgan fingerprint density at radius 2 is 0.467 bits per heavy atom. The minimum atomic E-state index is 0.366. The van der Waals surface area contributed by atoms with Gasteiger partial charge in [-0.25, -0.2) is 0 Å². The molecule has 4 heteroatoms. The summed E-state index contributed by atoms with van der Waals surface area (Å²) in [6.45, 7) is 0.732. The molecule has 182 valence electrons. The van der Waals surface area contributed by atoms with Gasteiger partial charge in [0.1, 0.15) is 0 Å². The van der Waals surface area contributed by atoms with Gasteiger partial charge in [0.25, 0.3) is 0 Å². The maximum Gasteiger partial charge on any atom is 0.0431 e. The van der Waals surface area contributed by atoms with Crippen LogP contribution in [0.2, 0.25) is 0 Å². The van der Waals surface area contributed by atoms with Crippen LogP contribution in [0.15, 0.2) is 0 Å². The molecule has 0 rings (SSSR count). The van der Waals surface area contributed by atoms with E-state index >= 15 is 0 Å². The maximum absolute atomic E-state index is 8.75. The van der Waals surface area contributed by atoms with Gasteiger partial charge in [0, 0.05) is 13.2 Å². The van der Waals surface area contributed by atoms with Crippen LogP contribution in [0.25, 0.3) is 0 Å². The molecule has 0 saturated heterocycles. The van der Waals surface area contributed by atoms with E-state index in [2.05, 4.69) is 23.5 Å². The molecular weight excluding hydrogens is 408 g/mol. The zero-order chi connectivity index (χ0) is 21.8. The molecule has 2 N–H and O–H groups in total. The monoisotopic (exact) mass is 462 g/mol. The topological polar surface area (TPSA) is 40.5 Å². The second-order valence-electron chi connectivity index (χ2n) is 8.74. The number of aliphatic hydroxyl groups is 2. The fourth-order valence-electron chi connectivity index (χ4n) is 3.72. The van der Waals surface area contributed by atoms with E-state index in [4.69, 9.17) is 10.2 Å². The smallest absolute Gasteiger partial charge is 0.0431 e. The van der Waals surface area contributed by atoms with Crippen LogP contribution in [0.5, 0.6) is 0 Å². The Morgan fingerprint density at radius 3 is 0.733 bits per heavy atom. The molecule has 0 aromatic rings. The number of hydrogen-bond acceptors (Lipinski definition) is 4. The van der Waals surface area contributed by atoms with Gasteiger partial charge in [-0.3, -0.25) is 0 Å². The lowest BCUT2D eigenvalue weighted by Crippen LogP contribution is -1.89. The number of hydrogen-bond donors (Lipinski definition) is 2. The van der Waals surface area contributed by atoms with Crippen LogP contribution in [-0.2, 0) is 0 Å². The summed E-state index contributed by atoms with van der Waals surface area (Å²) in [7, 11) is 0. The standard InChI is InChI=1S/C26H54O2S2/c27-21-15-11-7-3-1-5-9-13-17-23-29-25-19-20-26-30-24-18-14-10-6-2-4-8-12-16-22-28/h27-28H,1-26H2. The van der Waals surface area contributed by atoms with Gasteiger partial charge < -0.3 is 10.2 Å². The Balaban J connectivity index is 2.97. The molecule has 0 aliphatic rings. The molecule has 0 saturated carbocycles. The fourth-order valence-corrected chi connectivity index (χ4v) is 5.76. The van der Waals surface area contributed by atoms with Crippen LogP contribution in [0, 0.1) is 0 Å². The van der Waals surface area contributed by atoms with Crippen molar-refractivity contribution in [3.8, 4) is 0 Å². The van der Waals surface area contributed by atoms with Crippen LogP contribution in [0.1, 0.15) is 128 Å². The Labute approximate surface area is 198 Å². The molecule has 0 aromatic heterocycles. The zero-order valence-corrected chi connectivity index (χ0v) is 21.7. The van der Waals surface area contributed by atoms with Crippen molar-refractivity contribution in [1.29, 1.82) is 0 Å². The van der Waals surface area contributed by atoms with Crippen molar-refractivity contribution in [2.45, 2.75) is 128 Å². The predicted molar refractivity (Wildman–Crippen MR) is 141 cm³/mol. The number of aliphatic hydroxyl groups excluding tert-OH is 2. The van der Waals surface area contributed by atoms with Gasteiger partial charge >= 0.3 is 0 Å². The second-order valence-corrected chi connectivity index (χ2v) is 11.2. The Morgan fingerprint density at radius 1 is 0.267 bits per heavy atom. The van der Waals surface area contributed by atoms with Crippen molar-refractivity contribution >= 4 is 23.5 Å². The highest BCUT2D eigenvalue weighted by Crippen LogP contribution is 2.15. The van der Waals surface area contributed by atoms with Gasteiger partial charge in [0.15, 0.2) is 0 Å². The molecule has 0 bridgehead atoms. The highest BCUT2D eigenvalue weighted by molar-refractivity contribution is 7.99. The minimum Gasteiger partial charge on any atom is -0.396 e. The van der Waals surface area contributed by atoms with E-state index in [0.717, 1.165) is 12.8 Å². The average molecular weight is 463 g/mol. The zero-order valence-electron chi connectivity index (χ0n) is 20.1. The first-order valence-electron chi connectivity index (χ1n) is 13.3. The SMILES string of the molecule is OCCCCCCCCCCCSCCCCSCCCCCCCCCCCO. The van der Waals surface area contributed by atoms with Gasteiger partial charge in [0.05, 0.1) is 0 Å². The third-order valence-electron chi connectivity index (χ3n) is 5.72. The number of thioether (sulfide) groups is 2. The van der Waals surface area contributed by atoms with Crippen LogP contribution < -0.4 is 0 Å². The van der Waals surface area contributed by atoms with Crippen molar-refractivity contribution < 1.29 is 10.2 Å². The summed E-state index contributed by atoms with van der Waals surface area (Å²) in [5.41, 5.74) is 0. The lowest BCUT2D eigenvalue weighted by atomic mass is 10.1. The molecule has 0 radical (unpaired) electrons. The molecule has 0 aliphatic carbocycles. The van der Waals surface area contributed by atoms with Crippen molar-refractivity contribution in [3.05, 3.63) is 0 Å². The summed E-state index contributed by atoms with van der Waals surface area (Å²) in [5, 5.41) is 17.5. The summed E-state index contributed by atoms with van der Waals surface area (Å²) in [6, 6.07) is 0. The Hall–Kier alpha value is 0.620. The quantitative estimate of drug-likeness (QED) is 0.121. The summed E-state index contributed by atoms with van der Waals surface area (Å²) < 4.78 is 0. The Bertz CT molecular complexity index is 262. The third-order valence-corrected chi connectivity index (χ3v) is 8.03. The molecule has 0 aromatic carbocycles. The van der Waals surface area contributed by atoms with Gasteiger partial charge in [0.2, 0.25) is 0 Å². The number of rotatable bonds is 27. The molecule has 0 aliphatic heterocycles. The molecular formula is C26H54O2S2. The van der Waals surface area contributed by atoms with Crippen molar-refractivity contribution in [3.63, 3.8) is 0 Å². The second kappa shape index (κ2) is 29.6. The van der Waals surface area contributed by atoms with E-state index in [1.807, 2.05) is 0 Å². The first-order valence-corrected chi connectivity index (χ1v) is 15.6. The van der Waals surface area contributed by atoms with Gasteiger partial charge in [-0.1, -0.05) is 89.9 Å². The van der Waals surface area contributed by atoms with Crippen LogP contribution in [0.3, 0.4) is 0 Å². The Kier molecular flexibility index (Phi) is 30.2. The number of unbranched alkanes of at least 4 members (excludes halogenated alkanes) is 17. The molecule has 0 heterocycles. The minimum absolute atomic E-state index is 0.366. The first kappa shape index (κ1) is 30.6. The third kappa shape index (κ3) is 28.6. The summed E-state index contributed by atoms with van der Waals surface area (Å²) in [6.07, 6.45) is 26.6. The lowest BCUT2D eigenvalue weighted by Gasteiger charge is -2.04. The van der Waals surface area contributed by atoms with E-state index in [1.165, 1.54) is 139 Å². The normalized spacial score (nSPS) is 11.4. The van der Waals surface area contributed by atoms with Gasteiger partial charge in [-0.2, -0.15) is 23.5 Å². The summed E-state index contributed by atoms with van der Waals surface area (Å²) in [5.74, 6) is 5.46. The van der Waals surface area contributed by atoms with Gasteiger partial charge in [-0.05, 0) is 61.5 Å². The maximum atomic E-state index is 8.75. The average Bonchev–Trinajstić information content (AvgIpc) is 2.76. The largest absolute Gasteiger partial charge is 0.396 e. The molecule has 0 spiro atoms. The predicted octanol–water partition coefficient (Wildman–Crippen LogP) is 8.24. The van der Waals surface area contributed by atoms with Crippen molar-refractivity contribution in [1.82, 2.24) is 0 Å². The fraction of sp³-hybridized carbons (Fsp3) is 1.00. The van der Waals surface area contributed by atoms with E-state index in [0.29, 0.717) is 13.2 Å². The van der Waals surface area contributed by atoms with E-state index in [9.17, 15) is 0 Å². The molecule has 2 nitrogen and oxygen atoms in total. The highest BCUT2D eigenvalue weighted by Gasteiger charge is 1.96. The summed E-state index contributed by atoms with van der Waals surface area (Å²) >= 11 is 4.34. The van der Waals surface area contributed by atoms with Crippen molar-refractivity contribution in [2.75, 3.05) is 36.2 Å². The van der Waals surface area contributed by atoms with E-state index < -0.39 is 0 Å². The molecule has 0 fully saturated rings. The van der Waals surface area contributed by atoms with Crippen LogP contribution in [-0.4, -0.2) is 46.4 Å².